The molecule has 1 fully saturated rings. The van der Waals surface area contributed by atoms with Crippen LogP contribution in [0.3, 0.4) is 0 Å². The van der Waals surface area contributed by atoms with Crippen LogP contribution < -0.4 is 0 Å². The Bertz CT molecular complexity index is 683. The summed E-state index contributed by atoms with van der Waals surface area (Å²) in [5, 5.41) is 19.6. The standard InChI is InChI=1S/C19H21N3S/c1-19(2,3)16-9-7-14(8-10-16)18(15(12-20)13-21)22-17-6-4-5-11-23-17/h7-10H,4-6,11H2,1-3H3. The van der Waals surface area contributed by atoms with Crippen LogP contribution in [0.5, 0.6) is 0 Å². The van der Waals surface area contributed by atoms with Gasteiger partial charge < -0.3 is 0 Å². The van der Waals surface area contributed by atoms with Gasteiger partial charge in [0.25, 0.3) is 0 Å². The number of hydrogen-bond donors (Lipinski definition) is 0. The second-order valence-electron chi connectivity index (χ2n) is 6.59. The Balaban J connectivity index is 2.45. The lowest BCUT2D eigenvalue weighted by molar-refractivity contribution is 0.590. The zero-order chi connectivity index (χ0) is 16.9. The van der Waals surface area contributed by atoms with E-state index in [-0.39, 0.29) is 11.0 Å². The molecule has 118 valence electrons. The first-order valence-electron chi connectivity index (χ1n) is 7.81. The predicted molar refractivity (Wildman–Crippen MR) is 97.0 cm³/mol. The Morgan fingerprint density at radius 1 is 1.09 bits per heavy atom. The molecule has 0 atom stereocenters. The maximum absolute atomic E-state index is 9.26. The van der Waals surface area contributed by atoms with Crippen molar-refractivity contribution in [3.8, 4) is 12.1 Å². The molecule has 2 rings (SSSR count). The number of hydrogen-bond acceptors (Lipinski definition) is 4. The van der Waals surface area contributed by atoms with E-state index in [2.05, 4.69) is 37.9 Å². The van der Waals surface area contributed by atoms with E-state index in [0.717, 1.165) is 29.2 Å². The molecule has 23 heavy (non-hydrogen) atoms. The molecule has 0 amide bonds. The topological polar surface area (TPSA) is 59.9 Å². The highest BCUT2D eigenvalue weighted by atomic mass is 32.2. The predicted octanol–water partition coefficient (Wildman–Crippen LogP) is 5.06. The maximum Gasteiger partial charge on any atom is 0.155 e. The number of benzene rings is 1. The Kier molecular flexibility index (Phi) is 5.64. The number of nitrogens with zero attached hydrogens (tertiary/aromatic N) is 3. The van der Waals surface area contributed by atoms with E-state index in [1.807, 2.05) is 24.3 Å². The van der Waals surface area contributed by atoms with Gasteiger partial charge in [0.1, 0.15) is 12.1 Å². The summed E-state index contributed by atoms with van der Waals surface area (Å²) in [5.74, 6) is 1.06. The number of rotatable bonds is 2. The third kappa shape index (κ3) is 4.47. The van der Waals surface area contributed by atoms with E-state index in [1.54, 1.807) is 11.8 Å². The van der Waals surface area contributed by atoms with E-state index < -0.39 is 0 Å². The molecule has 1 aromatic rings. The Hall–Kier alpha value is -2.04. The molecule has 4 heteroatoms. The molecule has 1 heterocycles. The van der Waals surface area contributed by atoms with E-state index in [0.29, 0.717) is 5.70 Å². The van der Waals surface area contributed by atoms with Gasteiger partial charge in [-0.1, -0.05) is 45.0 Å². The van der Waals surface area contributed by atoms with Crippen molar-refractivity contribution in [3.63, 3.8) is 0 Å². The van der Waals surface area contributed by atoms with Crippen molar-refractivity contribution in [1.82, 2.24) is 0 Å². The third-order valence-corrected chi connectivity index (χ3v) is 4.90. The average molecular weight is 323 g/mol. The van der Waals surface area contributed by atoms with Crippen molar-refractivity contribution < 1.29 is 0 Å². The maximum atomic E-state index is 9.26. The van der Waals surface area contributed by atoms with Crippen molar-refractivity contribution in [2.75, 3.05) is 5.75 Å². The van der Waals surface area contributed by atoms with Gasteiger partial charge in [0.05, 0.1) is 10.7 Å². The Morgan fingerprint density at radius 2 is 1.74 bits per heavy atom. The third-order valence-electron chi connectivity index (χ3n) is 3.77. The molecule has 0 bridgehead atoms. The van der Waals surface area contributed by atoms with Crippen LogP contribution in [0.1, 0.15) is 51.2 Å². The van der Waals surface area contributed by atoms with Crippen molar-refractivity contribution in [1.29, 1.82) is 10.5 Å². The lowest BCUT2D eigenvalue weighted by atomic mass is 9.86. The fourth-order valence-corrected chi connectivity index (χ4v) is 3.41. The first-order valence-corrected chi connectivity index (χ1v) is 8.80. The highest BCUT2D eigenvalue weighted by molar-refractivity contribution is 8.14. The van der Waals surface area contributed by atoms with Crippen LogP contribution in [0, 0.1) is 22.7 Å². The summed E-state index contributed by atoms with van der Waals surface area (Å²) in [5.41, 5.74) is 2.69. The number of aliphatic imine (C=N–C) groups is 1. The van der Waals surface area contributed by atoms with Gasteiger partial charge in [-0.3, -0.25) is 0 Å². The smallest absolute Gasteiger partial charge is 0.155 e. The molecule has 1 aromatic carbocycles. The minimum Gasteiger partial charge on any atom is -0.244 e. The molecule has 1 aliphatic heterocycles. The van der Waals surface area contributed by atoms with Crippen molar-refractivity contribution in [2.45, 2.75) is 45.4 Å². The molecule has 0 aliphatic carbocycles. The van der Waals surface area contributed by atoms with Crippen LogP contribution in [0.25, 0.3) is 5.70 Å². The molecule has 0 aromatic heterocycles. The van der Waals surface area contributed by atoms with Gasteiger partial charge >= 0.3 is 0 Å². The van der Waals surface area contributed by atoms with Crippen LogP contribution in [-0.4, -0.2) is 10.8 Å². The van der Waals surface area contributed by atoms with E-state index >= 15 is 0 Å². The minimum absolute atomic E-state index is 0.0702. The van der Waals surface area contributed by atoms with E-state index in [1.165, 1.54) is 12.0 Å². The molecule has 1 saturated heterocycles. The van der Waals surface area contributed by atoms with E-state index in [4.69, 9.17) is 0 Å². The molecule has 1 aliphatic rings. The van der Waals surface area contributed by atoms with Crippen LogP contribution in [0.4, 0.5) is 0 Å². The minimum atomic E-state index is 0.0702. The molecule has 0 saturated carbocycles. The molecule has 0 unspecified atom stereocenters. The highest BCUT2D eigenvalue weighted by Crippen LogP contribution is 2.29. The molecule has 0 N–H and O–H groups in total. The normalized spacial score (nSPS) is 16.5. The highest BCUT2D eigenvalue weighted by Gasteiger charge is 2.16. The first kappa shape index (κ1) is 17.3. The average Bonchev–Trinajstić information content (AvgIpc) is 2.55. The van der Waals surface area contributed by atoms with Crippen LogP contribution in [0.2, 0.25) is 0 Å². The van der Waals surface area contributed by atoms with Crippen LogP contribution in [0.15, 0.2) is 34.8 Å². The number of thioether (sulfide) groups is 1. The quantitative estimate of drug-likeness (QED) is 0.715. The van der Waals surface area contributed by atoms with Crippen LogP contribution >= 0.6 is 11.8 Å². The van der Waals surface area contributed by atoms with E-state index in [9.17, 15) is 10.5 Å². The monoisotopic (exact) mass is 323 g/mol. The summed E-state index contributed by atoms with van der Waals surface area (Å²) >= 11 is 1.73. The van der Waals surface area contributed by atoms with Crippen molar-refractivity contribution in [3.05, 3.63) is 41.0 Å². The number of nitriles is 2. The fourth-order valence-electron chi connectivity index (χ4n) is 2.38. The summed E-state index contributed by atoms with van der Waals surface area (Å²) in [6.07, 6.45) is 3.25. The Labute approximate surface area is 142 Å². The van der Waals surface area contributed by atoms with Gasteiger partial charge in [0.15, 0.2) is 5.57 Å². The molecule has 0 spiro atoms. The first-order chi connectivity index (χ1) is 11.0. The largest absolute Gasteiger partial charge is 0.244 e. The van der Waals surface area contributed by atoms with Gasteiger partial charge in [-0.25, -0.2) is 4.99 Å². The molecule has 3 nitrogen and oxygen atoms in total. The second-order valence-corrected chi connectivity index (χ2v) is 7.75. The van der Waals surface area contributed by atoms with Gasteiger partial charge in [0, 0.05) is 5.56 Å². The number of allylic oxidation sites excluding steroid dienone is 1. The summed E-state index contributed by atoms with van der Waals surface area (Å²) in [6.45, 7) is 6.48. The zero-order valence-corrected chi connectivity index (χ0v) is 14.7. The lowest BCUT2D eigenvalue weighted by Crippen LogP contribution is -2.10. The van der Waals surface area contributed by atoms with Gasteiger partial charge in [-0.15, -0.1) is 11.8 Å². The summed E-state index contributed by atoms with van der Waals surface area (Å²) in [6, 6.07) is 12.0. The fraction of sp³-hybridized carbons (Fsp3) is 0.421. The van der Waals surface area contributed by atoms with Gasteiger partial charge in [-0.2, -0.15) is 10.5 Å². The van der Waals surface area contributed by atoms with Crippen LogP contribution in [-0.2, 0) is 5.41 Å². The zero-order valence-electron chi connectivity index (χ0n) is 13.9. The lowest BCUT2D eigenvalue weighted by Gasteiger charge is -2.19. The molecular weight excluding hydrogens is 302 g/mol. The summed E-state index contributed by atoms with van der Waals surface area (Å²) in [4.78, 5) is 4.65. The molecule has 0 radical (unpaired) electrons. The summed E-state index contributed by atoms with van der Waals surface area (Å²) < 4.78 is 0. The second kappa shape index (κ2) is 7.49. The Morgan fingerprint density at radius 3 is 2.22 bits per heavy atom. The van der Waals surface area contributed by atoms with Crippen molar-refractivity contribution in [2.24, 2.45) is 4.99 Å². The van der Waals surface area contributed by atoms with Gasteiger partial charge in [-0.05, 0) is 36.0 Å². The SMILES string of the molecule is CC(C)(C)c1ccc(C(N=C2CCCCS2)=C(C#N)C#N)cc1. The molecular formula is C19H21N3S. The van der Waals surface area contributed by atoms with Gasteiger partial charge in [0.2, 0.25) is 0 Å². The summed E-state index contributed by atoms with van der Waals surface area (Å²) in [7, 11) is 0. The van der Waals surface area contributed by atoms with Crippen molar-refractivity contribution >= 4 is 22.5 Å².